The van der Waals surface area contributed by atoms with E-state index < -0.39 is 0 Å². The van der Waals surface area contributed by atoms with Crippen molar-refractivity contribution in [2.45, 2.75) is 13.5 Å². The molecular formula is C28H24ClN3O4. The SMILES string of the molecule is COc1ccc(CNc2c(-c3ccco3)c(=O)n(-c3ccc(Cl)cc3)c3nc(C)ccc23)c(OC)c1. The Kier molecular flexibility index (Phi) is 6.40. The van der Waals surface area contributed by atoms with Crippen molar-refractivity contribution in [2.75, 3.05) is 19.5 Å². The van der Waals surface area contributed by atoms with Gasteiger partial charge in [-0.3, -0.25) is 9.36 Å². The average Bonchev–Trinajstić information content (AvgIpc) is 3.42. The number of methoxy groups -OCH3 is 2. The van der Waals surface area contributed by atoms with Crippen molar-refractivity contribution >= 4 is 28.3 Å². The van der Waals surface area contributed by atoms with Gasteiger partial charge in [0.2, 0.25) is 0 Å². The molecule has 3 aromatic heterocycles. The van der Waals surface area contributed by atoms with Gasteiger partial charge in [0.25, 0.3) is 5.56 Å². The van der Waals surface area contributed by atoms with Gasteiger partial charge in [0, 0.05) is 34.3 Å². The molecule has 7 nitrogen and oxygen atoms in total. The van der Waals surface area contributed by atoms with Crippen LogP contribution in [0.15, 0.2) is 82.2 Å². The summed E-state index contributed by atoms with van der Waals surface area (Å²) in [6.07, 6.45) is 1.55. The number of aryl methyl sites for hydroxylation is 1. The van der Waals surface area contributed by atoms with Crippen LogP contribution in [0.4, 0.5) is 5.69 Å². The third-order valence-corrected chi connectivity index (χ3v) is 6.22. The van der Waals surface area contributed by atoms with Gasteiger partial charge in [-0.2, -0.15) is 0 Å². The Labute approximate surface area is 212 Å². The second-order valence-electron chi connectivity index (χ2n) is 8.20. The first-order chi connectivity index (χ1) is 17.5. The molecule has 0 saturated heterocycles. The number of halogens is 1. The zero-order chi connectivity index (χ0) is 25.2. The lowest BCUT2D eigenvalue weighted by atomic mass is 10.1. The number of aromatic nitrogens is 2. The summed E-state index contributed by atoms with van der Waals surface area (Å²) < 4.78 is 18.2. The van der Waals surface area contributed by atoms with Gasteiger partial charge in [-0.05, 0) is 67.6 Å². The Bertz CT molecular complexity index is 1590. The number of nitrogens with zero attached hydrogens (tertiary/aromatic N) is 2. The fourth-order valence-electron chi connectivity index (χ4n) is 4.20. The molecule has 0 amide bonds. The number of hydrogen-bond acceptors (Lipinski definition) is 6. The van der Waals surface area contributed by atoms with Crippen molar-refractivity contribution in [1.82, 2.24) is 9.55 Å². The molecule has 5 rings (SSSR count). The van der Waals surface area contributed by atoms with Gasteiger partial charge in [0.05, 0.1) is 31.9 Å². The van der Waals surface area contributed by atoms with Gasteiger partial charge in [-0.25, -0.2) is 4.98 Å². The molecule has 0 radical (unpaired) electrons. The number of ether oxygens (including phenoxy) is 2. The van der Waals surface area contributed by atoms with E-state index in [1.807, 2.05) is 37.3 Å². The molecule has 3 heterocycles. The summed E-state index contributed by atoms with van der Waals surface area (Å²) >= 11 is 6.12. The number of rotatable bonds is 7. The highest BCUT2D eigenvalue weighted by Crippen LogP contribution is 2.34. The summed E-state index contributed by atoms with van der Waals surface area (Å²) in [5.74, 6) is 1.83. The zero-order valence-corrected chi connectivity index (χ0v) is 20.8. The van der Waals surface area contributed by atoms with Crippen LogP contribution in [-0.2, 0) is 6.54 Å². The summed E-state index contributed by atoms with van der Waals surface area (Å²) in [7, 11) is 3.22. The number of nitrogens with one attached hydrogen (secondary N) is 1. The summed E-state index contributed by atoms with van der Waals surface area (Å²) in [5.41, 5.74) is 3.64. The van der Waals surface area contributed by atoms with Crippen LogP contribution in [0.3, 0.4) is 0 Å². The summed E-state index contributed by atoms with van der Waals surface area (Å²) in [4.78, 5) is 18.8. The van der Waals surface area contributed by atoms with Gasteiger partial charge in [-0.1, -0.05) is 11.6 Å². The number of anilines is 1. The van der Waals surface area contributed by atoms with Gasteiger partial charge in [-0.15, -0.1) is 0 Å². The standard InChI is InChI=1S/C28H24ClN3O4/c1-17-6-13-22-26(30-16-18-7-12-21(34-2)15-24(18)35-3)25(23-5-4-14-36-23)28(33)32(27(22)31-17)20-10-8-19(29)9-11-20/h4-15,30H,16H2,1-3H3. The minimum atomic E-state index is -0.262. The highest BCUT2D eigenvalue weighted by molar-refractivity contribution is 6.30. The lowest BCUT2D eigenvalue weighted by molar-refractivity contribution is 0.391. The van der Waals surface area contributed by atoms with Crippen LogP contribution in [0.2, 0.25) is 5.02 Å². The summed E-state index contributed by atoms with van der Waals surface area (Å²) in [6, 6.07) is 20.1. The molecule has 182 valence electrons. The number of pyridine rings is 2. The van der Waals surface area contributed by atoms with Gasteiger partial charge in [0.15, 0.2) is 0 Å². The lowest BCUT2D eigenvalue weighted by Crippen LogP contribution is -2.23. The van der Waals surface area contributed by atoms with E-state index in [0.29, 0.717) is 51.4 Å². The van der Waals surface area contributed by atoms with Crippen molar-refractivity contribution < 1.29 is 13.9 Å². The molecule has 0 atom stereocenters. The van der Waals surface area contributed by atoms with E-state index in [4.69, 9.17) is 30.5 Å². The molecule has 36 heavy (non-hydrogen) atoms. The van der Waals surface area contributed by atoms with Gasteiger partial charge >= 0.3 is 0 Å². The monoisotopic (exact) mass is 501 g/mol. The first kappa shape index (κ1) is 23.5. The van der Waals surface area contributed by atoms with Crippen molar-refractivity contribution in [2.24, 2.45) is 0 Å². The Morgan fingerprint density at radius 2 is 1.83 bits per heavy atom. The van der Waals surface area contributed by atoms with E-state index in [1.54, 1.807) is 61.4 Å². The molecule has 2 aromatic carbocycles. The van der Waals surface area contributed by atoms with E-state index in [2.05, 4.69) is 5.32 Å². The molecule has 0 spiro atoms. The predicted molar refractivity (Wildman–Crippen MR) is 142 cm³/mol. The number of furan rings is 1. The van der Waals surface area contributed by atoms with E-state index in [-0.39, 0.29) is 5.56 Å². The van der Waals surface area contributed by atoms with Crippen LogP contribution >= 0.6 is 11.6 Å². The molecule has 0 fully saturated rings. The molecule has 5 aromatic rings. The quantitative estimate of drug-likeness (QED) is 0.284. The normalized spacial score (nSPS) is 11.0. The predicted octanol–water partition coefficient (Wildman–Crippen LogP) is 6.24. The highest BCUT2D eigenvalue weighted by atomic mass is 35.5. The smallest absolute Gasteiger partial charge is 0.269 e. The van der Waals surface area contributed by atoms with Crippen LogP contribution in [-0.4, -0.2) is 23.8 Å². The van der Waals surface area contributed by atoms with Gasteiger partial charge in [0.1, 0.15) is 28.5 Å². The van der Waals surface area contributed by atoms with Crippen LogP contribution in [0.25, 0.3) is 28.0 Å². The minimum Gasteiger partial charge on any atom is -0.497 e. The number of benzene rings is 2. The second-order valence-corrected chi connectivity index (χ2v) is 8.64. The molecule has 8 heteroatoms. The third-order valence-electron chi connectivity index (χ3n) is 5.96. The van der Waals surface area contributed by atoms with Crippen molar-refractivity contribution in [3.05, 3.63) is 99.6 Å². The lowest BCUT2D eigenvalue weighted by Gasteiger charge is -2.19. The Hall–Kier alpha value is -4.23. The maximum atomic E-state index is 14.1. The maximum Gasteiger partial charge on any atom is 0.269 e. The van der Waals surface area contributed by atoms with Gasteiger partial charge < -0.3 is 19.2 Å². The van der Waals surface area contributed by atoms with E-state index in [0.717, 1.165) is 16.6 Å². The van der Waals surface area contributed by atoms with Crippen molar-refractivity contribution in [3.8, 4) is 28.5 Å². The number of hydrogen-bond donors (Lipinski definition) is 1. The zero-order valence-electron chi connectivity index (χ0n) is 20.0. The third kappa shape index (κ3) is 4.29. The van der Waals surface area contributed by atoms with Crippen LogP contribution < -0.4 is 20.3 Å². The Balaban J connectivity index is 1.74. The maximum absolute atomic E-state index is 14.1. The molecule has 0 aliphatic rings. The average molecular weight is 502 g/mol. The molecule has 0 saturated carbocycles. The van der Waals surface area contributed by atoms with Crippen molar-refractivity contribution in [3.63, 3.8) is 0 Å². The second kappa shape index (κ2) is 9.79. The van der Waals surface area contributed by atoms with Crippen LogP contribution in [0, 0.1) is 6.92 Å². The largest absolute Gasteiger partial charge is 0.497 e. The minimum absolute atomic E-state index is 0.262. The highest BCUT2D eigenvalue weighted by Gasteiger charge is 2.22. The molecule has 0 bridgehead atoms. The fraction of sp³-hybridized carbons (Fsp3) is 0.143. The Morgan fingerprint density at radius 3 is 2.53 bits per heavy atom. The molecule has 0 unspecified atom stereocenters. The summed E-state index contributed by atoms with van der Waals surface area (Å²) in [5, 5.41) is 4.82. The molecular weight excluding hydrogens is 478 g/mol. The molecule has 0 aliphatic heterocycles. The fourth-order valence-corrected chi connectivity index (χ4v) is 4.33. The van der Waals surface area contributed by atoms with Crippen LogP contribution in [0.1, 0.15) is 11.3 Å². The van der Waals surface area contributed by atoms with E-state index in [1.165, 1.54) is 0 Å². The Morgan fingerprint density at radius 1 is 1.03 bits per heavy atom. The van der Waals surface area contributed by atoms with E-state index in [9.17, 15) is 4.79 Å². The molecule has 0 aliphatic carbocycles. The number of fused-ring (bicyclic) bond motifs is 1. The molecule has 1 N–H and O–H groups in total. The topological polar surface area (TPSA) is 78.5 Å². The van der Waals surface area contributed by atoms with Crippen LogP contribution in [0.5, 0.6) is 11.5 Å². The first-order valence-corrected chi connectivity index (χ1v) is 11.7. The first-order valence-electron chi connectivity index (χ1n) is 11.3. The van der Waals surface area contributed by atoms with Crippen molar-refractivity contribution in [1.29, 1.82) is 0 Å². The summed E-state index contributed by atoms with van der Waals surface area (Å²) in [6.45, 7) is 2.29. The van der Waals surface area contributed by atoms with E-state index >= 15 is 0 Å².